The summed E-state index contributed by atoms with van der Waals surface area (Å²) in [4.78, 5) is 11.5. The molecule has 0 aliphatic rings. The van der Waals surface area contributed by atoms with E-state index in [4.69, 9.17) is 9.47 Å². The van der Waals surface area contributed by atoms with Gasteiger partial charge in [0.25, 0.3) is 0 Å². The molecule has 0 aromatic heterocycles. The van der Waals surface area contributed by atoms with Gasteiger partial charge in [-0.25, -0.2) is 4.79 Å². The first kappa shape index (κ1) is 15.6. The molecule has 0 saturated carbocycles. The van der Waals surface area contributed by atoms with Crippen molar-refractivity contribution in [2.75, 3.05) is 7.11 Å². The van der Waals surface area contributed by atoms with Crippen LogP contribution in [0.25, 0.3) is 0 Å². The summed E-state index contributed by atoms with van der Waals surface area (Å²) in [5, 5.41) is 0. The highest BCUT2D eigenvalue weighted by atomic mass is 79.9. The van der Waals surface area contributed by atoms with E-state index in [2.05, 4.69) is 22.0 Å². The lowest BCUT2D eigenvalue weighted by molar-refractivity contribution is 0.0600. The molecule has 0 atom stereocenters. The predicted molar refractivity (Wildman–Crippen MR) is 85.7 cm³/mol. The SMILES string of the molecule is COC(=O)c1ccc(COc2cc(C)cc(C)c2)c(Br)c1. The van der Waals surface area contributed by atoms with E-state index in [-0.39, 0.29) is 5.97 Å². The van der Waals surface area contributed by atoms with Gasteiger partial charge in [0.15, 0.2) is 0 Å². The largest absolute Gasteiger partial charge is 0.489 e. The fraction of sp³-hybridized carbons (Fsp3) is 0.235. The van der Waals surface area contributed by atoms with E-state index in [1.165, 1.54) is 18.2 Å². The molecular formula is C17H17BrO3. The molecule has 2 aromatic rings. The number of halogens is 1. The average Bonchev–Trinajstić information content (AvgIpc) is 2.44. The summed E-state index contributed by atoms with van der Waals surface area (Å²) < 4.78 is 11.3. The molecule has 0 aliphatic heterocycles. The van der Waals surface area contributed by atoms with Crippen LogP contribution in [0.5, 0.6) is 5.75 Å². The fourth-order valence-corrected chi connectivity index (χ4v) is 2.58. The number of benzene rings is 2. The molecule has 0 fully saturated rings. The van der Waals surface area contributed by atoms with Crippen molar-refractivity contribution in [3.8, 4) is 5.75 Å². The number of methoxy groups -OCH3 is 1. The molecule has 0 bridgehead atoms. The maximum atomic E-state index is 11.5. The van der Waals surface area contributed by atoms with E-state index >= 15 is 0 Å². The zero-order chi connectivity index (χ0) is 15.4. The predicted octanol–water partition coefficient (Wildman–Crippen LogP) is 4.43. The zero-order valence-corrected chi connectivity index (χ0v) is 13.9. The van der Waals surface area contributed by atoms with Crippen LogP contribution < -0.4 is 4.74 Å². The van der Waals surface area contributed by atoms with Crippen LogP contribution in [0.1, 0.15) is 27.0 Å². The molecule has 0 heterocycles. The number of hydrogen-bond donors (Lipinski definition) is 0. The lowest BCUT2D eigenvalue weighted by atomic mass is 10.1. The van der Waals surface area contributed by atoms with Gasteiger partial charge >= 0.3 is 5.97 Å². The first-order valence-corrected chi connectivity index (χ1v) is 7.36. The molecule has 2 rings (SSSR count). The maximum absolute atomic E-state index is 11.5. The number of carbonyl (C=O) groups excluding carboxylic acids is 1. The zero-order valence-electron chi connectivity index (χ0n) is 12.3. The Morgan fingerprint density at radius 2 is 1.76 bits per heavy atom. The summed E-state index contributed by atoms with van der Waals surface area (Å²) in [6.07, 6.45) is 0. The molecule has 0 N–H and O–H groups in total. The third kappa shape index (κ3) is 4.08. The Morgan fingerprint density at radius 1 is 1.10 bits per heavy atom. The van der Waals surface area contributed by atoms with Crippen LogP contribution in [0.2, 0.25) is 0 Å². The maximum Gasteiger partial charge on any atom is 0.337 e. The molecule has 110 valence electrons. The van der Waals surface area contributed by atoms with Crippen LogP contribution >= 0.6 is 15.9 Å². The summed E-state index contributed by atoms with van der Waals surface area (Å²) >= 11 is 3.46. The second-order valence-corrected chi connectivity index (χ2v) is 5.76. The minimum absolute atomic E-state index is 0.350. The standard InChI is InChI=1S/C17H17BrO3/c1-11-6-12(2)8-15(7-11)21-10-14-5-4-13(9-16(14)18)17(19)20-3/h4-9H,10H2,1-3H3. The van der Waals surface area contributed by atoms with Crippen LogP contribution in [0.3, 0.4) is 0 Å². The van der Waals surface area contributed by atoms with Crippen molar-refractivity contribution in [1.82, 2.24) is 0 Å². The van der Waals surface area contributed by atoms with Crippen molar-refractivity contribution in [1.29, 1.82) is 0 Å². The Labute approximate surface area is 133 Å². The second kappa shape index (κ2) is 6.76. The van der Waals surface area contributed by atoms with Gasteiger partial charge in [0.2, 0.25) is 0 Å². The molecule has 4 heteroatoms. The number of esters is 1. The Balaban J connectivity index is 2.11. The summed E-state index contributed by atoms with van der Waals surface area (Å²) in [5.74, 6) is 0.494. The Hall–Kier alpha value is -1.81. The Bertz CT molecular complexity index is 645. The normalized spacial score (nSPS) is 10.3. The highest BCUT2D eigenvalue weighted by molar-refractivity contribution is 9.10. The molecule has 0 spiro atoms. The van der Waals surface area contributed by atoms with Crippen molar-refractivity contribution < 1.29 is 14.3 Å². The van der Waals surface area contributed by atoms with E-state index in [0.717, 1.165) is 15.8 Å². The average molecular weight is 349 g/mol. The van der Waals surface area contributed by atoms with Crippen LogP contribution in [0.15, 0.2) is 40.9 Å². The van der Waals surface area contributed by atoms with Gasteiger partial charge in [0, 0.05) is 10.0 Å². The highest BCUT2D eigenvalue weighted by Crippen LogP contribution is 2.22. The highest BCUT2D eigenvalue weighted by Gasteiger charge is 2.09. The van der Waals surface area contributed by atoms with Gasteiger partial charge in [-0.15, -0.1) is 0 Å². The first-order valence-electron chi connectivity index (χ1n) is 6.57. The van der Waals surface area contributed by atoms with Crippen LogP contribution in [0, 0.1) is 13.8 Å². The first-order chi connectivity index (χ1) is 9.99. The van der Waals surface area contributed by atoms with Crippen LogP contribution in [-0.2, 0) is 11.3 Å². The summed E-state index contributed by atoms with van der Waals surface area (Å²) in [7, 11) is 1.37. The topological polar surface area (TPSA) is 35.5 Å². The molecule has 21 heavy (non-hydrogen) atoms. The summed E-state index contributed by atoms with van der Waals surface area (Å²) in [5.41, 5.74) is 3.83. The number of carbonyl (C=O) groups is 1. The lowest BCUT2D eigenvalue weighted by Crippen LogP contribution is -2.03. The lowest BCUT2D eigenvalue weighted by Gasteiger charge is -2.10. The molecular weight excluding hydrogens is 332 g/mol. The molecule has 3 nitrogen and oxygen atoms in total. The van der Waals surface area contributed by atoms with Gasteiger partial charge in [0.1, 0.15) is 12.4 Å². The van der Waals surface area contributed by atoms with Crippen molar-refractivity contribution in [3.05, 3.63) is 63.1 Å². The number of rotatable bonds is 4. The van der Waals surface area contributed by atoms with E-state index < -0.39 is 0 Å². The van der Waals surface area contributed by atoms with Crippen LogP contribution in [0.4, 0.5) is 0 Å². The van der Waals surface area contributed by atoms with E-state index in [1.807, 2.05) is 32.0 Å². The summed E-state index contributed by atoms with van der Waals surface area (Å²) in [6.45, 7) is 4.52. The second-order valence-electron chi connectivity index (χ2n) is 4.91. The number of hydrogen-bond acceptors (Lipinski definition) is 3. The molecule has 0 radical (unpaired) electrons. The van der Waals surface area contributed by atoms with E-state index in [0.29, 0.717) is 12.2 Å². The quantitative estimate of drug-likeness (QED) is 0.766. The molecule has 0 unspecified atom stereocenters. The molecule has 0 aliphatic carbocycles. The molecule has 0 saturated heterocycles. The van der Waals surface area contributed by atoms with Gasteiger partial charge in [-0.3, -0.25) is 0 Å². The van der Waals surface area contributed by atoms with Gasteiger partial charge in [-0.1, -0.05) is 28.1 Å². The van der Waals surface area contributed by atoms with E-state index in [9.17, 15) is 4.79 Å². The van der Waals surface area contributed by atoms with Gasteiger partial charge < -0.3 is 9.47 Å². The molecule has 2 aromatic carbocycles. The Morgan fingerprint density at radius 3 is 2.33 bits per heavy atom. The van der Waals surface area contributed by atoms with Crippen LogP contribution in [-0.4, -0.2) is 13.1 Å². The van der Waals surface area contributed by atoms with E-state index in [1.54, 1.807) is 12.1 Å². The number of aryl methyl sites for hydroxylation is 2. The third-order valence-corrected chi connectivity index (χ3v) is 3.80. The fourth-order valence-electron chi connectivity index (χ4n) is 2.09. The minimum atomic E-state index is -0.350. The van der Waals surface area contributed by atoms with Crippen molar-refractivity contribution in [2.24, 2.45) is 0 Å². The third-order valence-electron chi connectivity index (χ3n) is 3.06. The van der Waals surface area contributed by atoms with Crippen molar-refractivity contribution in [2.45, 2.75) is 20.5 Å². The summed E-state index contributed by atoms with van der Waals surface area (Å²) in [6, 6.07) is 11.4. The van der Waals surface area contributed by atoms with Crippen molar-refractivity contribution >= 4 is 21.9 Å². The van der Waals surface area contributed by atoms with Gasteiger partial charge in [0.05, 0.1) is 12.7 Å². The van der Waals surface area contributed by atoms with Gasteiger partial charge in [-0.2, -0.15) is 0 Å². The monoisotopic (exact) mass is 348 g/mol. The minimum Gasteiger partial charge on any atom is -0.489 e. The van der Waals surface area contributed by atoms with Gasteiger partial charge in [-0.05, 0) is 49.2 Å². The molecule has 0 amide bonds. The smallest absolute Gasteiger partial charge is 0.337 e. The Kier molecular flexibility index (Phi) is 5.02. The van der Waals surface area contributed by atoms with Crippen molar-refractivity contribution in [3.63, 3.8) is 0 Å². The number of ether oxygens (including phenoxy) is 2.